The van der Waals surface area contributed by atoms with Crippen LogP contribution >= 0.6 is 11.6 Å². The van der Waals surface area contributed by atoms with Crippen LogP contribution in [0.4, 0.5) is 0 Å². The van der Waals surface area contributed by atoms with E-state index in [9.17, 15) is 8.42 Å². The smallest absolute Gasteiger partial charge is 0.242 e. The summed E-state index contributed by atoms with van der Waals surface area (Å²) in [5.74, 6) is 0.379. The molecule has 0 atom stereocenters. The molecule has 0 fully saturated rings. The lowest BCUT2D eigenvalue weighted by atomic mass is 10.2. The highest BCUT2D eigenvalue weighted by atomic mass is 35.5. The van der Waals surface area contributed by atoms with Gasteiger partial charge in [-0.3, -0.25) is 0 Å². The Morgan fingerprint density at radius 2 is 1.89 bits per heavy atom. The zero-order chi connectivity index (χ0) is 13.6. The summed E-state index contributed by atoms with van der Waals surface area (Å²) >= 11 is 5.67. The van der Waals surface area contributed by atoms with Crippen LogP contribution in [0.3, 0.4) is 0 Å². The number of methoxy groups -OCH3 is 1. The number of alkyl halides is 1. The Labute approximate surface area is 114 Å². The molecule has 0 aliphatic heterocycles. The second kappa shape index (κ2) is 7.09. The number of hydrogen-bond donors (Lipinski definition) is 0. The van der Waals surface area contributed by atoms with E-state index < -0.39 is 10.0 Å². The summed E-state index contributed by atoms with van der Waals surface area (Å²) in [6, 6.07) is 6.62. The van der Waals surface area contributed by atoms with E-state index in [1.807, 2.05) is 0 Å². The fourth-order valence-electron chi connectivity index (χ4n) is 1.48. The van der Waals surface area contributed by atoms with Crippen LogP contribution in [0.25, 0.3) is 0 Å². The van der Waals surface area contributed by atoms with Gasteiger partial charge in [-0.25, -0.2) is 12.7 Å². The first kappa shape index (κ1) is 15.4. The number of rotatable bonds is 7. The number of ether oxygens (including phenoxy) is 1. The molecule has 1 rings (SSSR count). The van der Waals surface area contributed by atoms with Gasteiger partial charge in [0, 0.05) is 33.2 Å². The van der Waals surface area contributed by atoms with Crippen LogP contribution in [0.1, 0.15) is 12.0 Å². The molecule has 0 spiro atoms. The fourth-order valence-corrected chi connectivity index (χ4v) is 2.87. The minimum Gasteiger partial charge on any atom is -0.385 e. The highest BCUT2D eigenvalue weighted by molar-refractivity contribution is 7.89. The number of hydrogen-bond acceptors (Lipinski definition) is 3. The van der Waals surface area contributed by atoms with Crippen molar-refractivity contribution in [3.63, 3.8) is 0 Å². The summed E-state index contributed by atoms with van der Waals surface area (Å²) in [7, 11) is -0.243. The summed E-state index contributed by atoms with van der Waals surface area (Å²) < 4.78 is 30.6. The van der Waals surface area contributed by atoms with E-state index >= 15 is 0 Å². The van der Waals surface area contributed by atoms with Crippen molar-refractivity contribution in [2.45, 2.75) is 17.2 Å². The van der Waals surface area contributed by atoms with Crippen molar-refractivity contribution in [3.8, 4) is 0 Å². The van der Waals surface area contributed by atoms with Crippen LogP contribution in [0.5, 0.6) is 0 Å². The molecule has 4 nitrogen and oxygen atoms in total. The maximum Gasteiger partial charge on any atom is 0.242 e. The molecule has 0 amide bonds. The molecule has 0 radical (unpaired) electrons. The van der Waals surface area contributed by atoms with E-state index in [4.69, 9.17) is 16.3 Å². The molecule has 0 aliphatic carbocycles. The Bertz CT molecular complexity index is 459. The Kier molecular flexibility index (Phi) is 6.08. The van der Waals surface area contributed by atoms with Crippen molar-refractivity contribution in [3.05, 3.63) is 29.8 Å². The van der Waals surface area contributed by atoms with Crippen LogP contribution in [0.15, 0.2) is 29.2 Å². The first-order valence-electron chi connectivity index (χ1n) is 5.62. The Morgan fingerprint density at radius 3 is 2.39 bits per heavy atom. The van der Waals surface area contributed by atoms with E-state index in [-0.39, 0.29) is 4.90 Å². The van der Waals surface area contributed by atoms with Crippen molar-refractivity contribution in [1.29, 1.82) is 0 Å². The number of halogens is 1. The topological polar surface area (TPSA) is 46.6 Å². The van der Waals surface area contributed by atoms with Gasteiger partial charge in [-0.1, -0.05) is 12.1 Å². The predicted octanol–water partition coefficient (Wildman–Crippen LogP) is 2.08. The number of nitrogens with zero attached hydrogens (tertiary/aromatic N) is 1. The third kappa shape index (κ3) is 3.95. The number of sulfonamides is 1. The Morgan fingerprint density at radius 1 is 1.28 bits per heavy atom. The van der Waals surface area contributed by atoms with Gasteiger partial charge in [0.15, 0.2) is 0 Å². The van der Waals surface area contributed by atoms with Gasteiger partial charge >= 0.3 is 0 Å². The first-order chi connectivity index (χ1) is 8.52. The summed E-state index contributed by atoms with van der Waals surface area (Å²) in [6.07, 6.45) is 0.673. The lowest BCUT2D eigenvalue weighted by molar-refractivity contribution is 0.189. The minimum atomic E-state index is -3.41. The van der Waals surface area contributed by atoms with Gasteiger partial charge in [0.1, 0.15) is 0 Å². The van der Waals surface area contributed by atoms with Crippen molar-refractivity contribution >= 4 is 21.6 Å². The zero-order valence-electron chi connectivity index (χ0n) is 10.6. The average Bonchev–Trinajstić information content (AvgIpc) is 2.39. The third-order valence-electron chi connectivity index (χ3n) is 2.61. The summed E-state index contributed by atoms with van der Waals surface area (Å²) in [5, 5.41) is 0. The van der Waals surface area contributed by atoms with Gasteiger partial charge in [-0.05, 0) is 24.1 Å². The van der Waals surface area contributed by atoms with Crippen molar-refractivity contribution in [1.82, 2.24) is 4.31 Å². The molecule has 0 N–H and O–H groups in total. The standard InChI is InChI=1S/C12H18ClNO3S/c1-14(8-3-9-17-2)18(15,16)12-6-4-11(10-13)5-7-12/h4-7H,3,8-10H2,1-2H3. The van der Waals surface area contributed by atoms with E-state index in [0.29, 0.717) is 25.5 Å². The van der Waals surface area contributed by atoms with Crippen LogP contribution in [-0.2, 0) is 20.6 Å². The van der Waals surface area contributed by atoms with Crippen molar-refractivity contribution in [2.75, 3.05) is 27.3 Å². The van der Waals surface area contributed by atoms with Gasteiger partial charge < -0.3 is 4.74 Å². The van der Waals surface area contributed by atoms with Crippen molar-refractivity contribution in [2.24, 2.45) is 0 Å². The zero-order valence-corrected chi connectivity index (χ0v) is 12.2. The average molecular weight is 292 g/mol. The maximum absolute atomic E-state index is 12.2. The fraction of sp³-hybridized carbons (Fsp3) is 0.500. The molecule has 0 unspecified atom stereocenters. The van der Waals surface area contributed by atoms with Gasteiger partial charge in [-0.2, -0.15) is 0 Å². The molecule has 0 saturated heterocycles. The lowest BCUT2D eigenvalue weighted by Gasteiger charge is -2.17. The Hall–Kier alpha value is -0.620. The summed E-state index contributed by atoms with van der Waals surface area (Å²) in [4.78, 5) is 0.288. The minimum absolute atomic E-state index is 0.288. The van der Waals surface area contributed by atoms with Crippen molar-refractivity contribution < 1.29 is 13.2 Å². The molecule has 6 heteroatoms. The largest absolute Gasteiger partial charge is 0.385 e. The van der Waals surface area contributed by atoms with E-state index in [1.165, 1.54) is 4.31 Å². The molecule has 18 heavy (non-hydrogen) atoms. The molecule has 0 bridgehead atoms. The van der Waals surface area contributed by atoms with Crippen LogP contribution in [-0.4, -0.2) is 40.0 Å². The predicted molar refractivity (Wildman–Crippen MR) is 72.3 cm³/mol. The molecule has 102 valence electrons. The maximum atomic E-state index is 12.2. The first-order valence-corrected chi connectivity index (χ1v) is 7.60. The molecule has 0 heterocycles. The van der Waals surface area contributed by atoms with E-state index in [0.717, 1.165) is 5.56 Å². The molecule has 0 saturated carbocycles. The molecular formula is C12H18ClNO3S. The van der Waals surface area contributed by atoms with E-state index in [2.05, 4.69) is 0 Å². The second-order valence-corrected chi connectivity index (χ2v) is 6.26. The molecule has 0 aromatic heterocycles. The van der Waals surface area contributed by atoms with Crippen LogP contribution < -0.4 is 0 Å². The highest BCUT2D eigenvalue weighted by Gasteiger charge is 2.19. The molecule has 0 aliphatic rings. The van der Waals surface area contributed by atoms with Crippen LogP contribution in [0, 0.1) is 0 Å². The molecule has 1 aromatic carbocycles. The monoisotopic (exact) mass is 291 g/mol. The summed E-state index contributed by atoms with van der Waals surface area (Å²) in [5.41, 5.74) is 0.901. The van der Waals surface area contributed by atoms with E-state index in [1.54, 1.807) is 38.4 Å². The van der Waals surface area contributed by atoms with Gasteiger partial charge in [-0.15, -0.1) is 11.6 Å². The highest BCUT2D eigenvalue weighted by Crippen LogP contribution is 2.16. The van der Waals surface area contributed by atoms with Crippen LogP contribution in [0.2, 0.25) is 0 Å². The SMILES string of the molecule is COCCCN(C)S(=O)(=O)c1ccc(CCl)cc1. The lowest BCUT2D eigenvalue weighted by Crippen LogP contribution is -2.28. The normalized spacial score (nSPS) is 12.0. The second-order valence-electron chi connectivity index (χ2n) is 3.95. The third-order valence-corrected chi connectivity index (χ3v) is 4.79. The quantitative estimate of drug-likeness (QED) is 0.571. The van der Waals surface area contributed by atoms with Gasteiger partial charge in [0.25, 0.3) is 0 Å². The summed E-state index contributed by atoms with van der Waals surface area (Å²) in [6.45, 7) is 0.985. The number of benzene rings is 1. The van der Waals surface area contributed by atoms with Gasteiger partial charge in [0.05, 0.1) is 4.90 Å². The molecule has 1 aromatic rings. The Balaban J connectivity index is 2.77. The van der Waals surface area contributed by atoms with Gasteiger partial charge in [0.2, 0.25) is 10.0 Å². The molecular weight excluding hydrogens is 274 g/mol.